The summed E-state index contributed by atoms with van der Waals surface area (Å²) in [6.45, 7) is 2.83. The van der Waals surface area contributed by atoms with Gasteiger partial charge in [0.2, 0.25) is 0 Å². The first-order valence-corrected chi connectivity index (χ1v) is 12.3. The van der Waals surface area contributed by atoms with Gasteiger partial charge in [-0.15, -0.1) is 0 Å². The third kappa shape index (κ3) is 3.75. The van der Waals surface area contributed by atoms with Gasteiger partial charge in [-0.1, -0.05) is 121 Å². The summed E-state index contributed by atoms with van der Waals surface area (Å²) in [5.41, 5.74) is 17.9. The number of hydrogen-bond donors (Lipinski definition) is 1. The highest BCUT2D eigenvalue weighted by Gasteiger charge is 2.30. The zero-order chi connectivity index (χ0) is 24.5. The molecule has 0 aliphatic rings. The number of pyridine rings is 1. The molecule has 0 saturated carbocycles. The Bertz CT molecular complexity index is 1640. The van der Waals surface area contributed by atoms with Crippen molar-refractivity contribution in [1.82, 2.24) is 4.57 Å². The average Bonchev–Trinajstić information content (AvgIpc) is 3.26. The lowest BCUT2D eigenvalue weighted by molar-refractivity contribution is -0.336. The van der Waals surface area contributed by atoms with E-state index in [0.717, 1.165) is 62.5 Å². The van der Waals surface area contributed by atoms with E-state index in [1.54, 1.807) is 0 Å². The molecule has 0 atom stereocenters. The summed E-state index contributed by atoms with van der Waals surface area (Å²) in [7, 11) is 0. The molecule has 0 bridgehead atoms. The number of aromatic nitrogens is 2. The number of anilines is 1. The number of hydrogen-bond acceptors (Lipinski definition) is 1. The van der Waals surface area contributed by atoms with E-state index in [-0.39, 0.29) is 0 Å². The summed E-state index contributed by atoms with van der Waals surface area (Å²) in [4.78, 5) is 3.82. The van der Waals surface area contributed by atoms with Crippen LogP contribution in [0.3, 0.4) is 0 Å². The lowest BCUT2D eigenvalue weighted by Crippen LogP contribution is -2.17. The predicted octanol–water partition coefficient (Wildman–Crippen LogP) is 7.40. The maximum Gasteiger partial charge on any atom is 0.290 e. The molecule has 2 heterocycles. The summed E-state index contributed by atoms with van der Waals surface area (Å²) >= 11 is 0. The van der Waals surface area contributed by atoms with Crippen LogP contribution in [-0.4, -0.2) is 4.57 Å². The quantitative estimate of drug-likeness (QED) is 0.283. The van der Waals surface area contributed by atoms with Gasteiger partial charge in [-0.05, 0) is 18.1 Å². The van der Waals surface area contributed by atoms with Crippen molar-refractivity contribution in [2.75, 3.05) is 5.73 Å². The highest BCUT2D eigenvalue weighted by molar-refractivity contribution is 6.09. The minimum atomic E-state index is 0.724. The van der Waals surface area contributed by atoms with Gasteiger partial charge in [0.15, 0.2) is 0 Å². The Morgan fingerprint density at radius 1 is 0.639 bits per heavy atom. The number of aromatic amines is 1. The maximum atomic E-state index is 7.01. The lowest BCUT2D eigenvalue weighted by atomic mass is 9.96. The van der Waals surface area contributed by atoms with Crippen molar-refractivity contribution in [2.24, 2.45) is 0 Å². The number of H-pyrrole nitrogens is 1. The van der Waals surface area contributed by atoms with Crippen LogP contribution in [0, 0.1) is 6.92 Å². The van der Waals surface area contributed by atoms with Gasteiger partial charge in [0.25, 0.3) is 5.65 Å². The van der Waals surface area contributed by atoms with Crippen molar-refractivity contribution < 1.29 is 4.98 Å². The largest absolute Gasteiger partial charge is 0.398 e. The molecule has 0 unspecified atom stereocenters. The molecule has 0 saturated heterocycles. The number of nitrogen functional groups attached to an aromatic ring is 1. The maximum absolute atomic E-state index is 7.01. The van der Waals surface area contributed by atoms with Crippen molar-refractivity contribution in [3.63, 3.8) is 0 Å². The second-order valence-electron chi connectivity index (χ2n) is 9.16. The SMILES string of the molecule is Cc1c(-c2ccccc2)[nH+]c2c(c1N)c(-c1ccccc1)c(-c1ccccc1)n2Cc1ccccc1. The van der Waals surface area contributed by atoms with Gasteiger partial charge in [-0.25, -0.2) is 9.55 Å². The Hall–Kier alpha value is -4.63. The number of nitrogens with one attached hydrogen (secondary N) is 1. The van der Waals surface area contributed by atoms with Gasteiger partial charge in [-0.2, -0.15) is 0 Å². The molecule has 6 rings (SSSR count). The molecule has 4 aromatic carbocycles. The smallest absolute Gasteiger partial charge is 0.290 e. The Kier molecular flexibility index (Phi) is 5.59. The highest BCUT2D eigenvalue weighted by Crippen LogP contribution is 2.44. The Balaban J connectivity index is 1.76. The second kappa shape index (κ2) is 9.20. The first kappa shape index (κ1) is 21.9. The van der Waals surface area contributed by atoms with E-state index in [1.165, 1.54) is 5.56 Å². The fourth-order valence-electron chi connectivity index (χ4n) is 5.14. The van der Waals surface area contributed by atoms with Gasteiger partial charge < -0.3 is 5.73 Å². The highest BCUT2D eigenvalue weighted by atomic mass is 15.1. The van der Waals surface area contributed by atoms with Crippen LogP contribution >= 0.6 is 0 Å². The zero-order valence-corrected chi connectivity index (χ0v) is 20.3. The first-order chi connectivity index (χ1) is 17.7. The summed E-state index contributed by atoms with van der Waals surface area (Å²) in [5, 5.41) is 1.06. The lowest BCUT2D eigenvalue weighted by Gasteiger charge is -2.08. The predicted molar refractivity (Wildman–Crippen MR) is 149 cm³/mol. The molecule has 0 spiro atoms. The molecule has 174 valence electrons. The van der Waals surface area contributed by atoms with Crippen molar-refractivity contribution in [3.05, 3.63) is 132 Å². The third-order valence-electron chi connectivity index (χ3n) is 6.91. The number of benzene rings is 4. The van der Waals surface area contributed by atoms with Gasteiger partial charge >= 0.3 is 0 Å². The van der Waals surface area contributed by atoms with E-state index in [9.17, 15) is 0 Å². The normalized spacial score (nSPS) is 11.1. The third-order valence-corrected chi connectivity index (χ3v) is 6.91. The number of fused-ring (bicyclic) bond motifs is 1. The van der Waals surface area contributed by atoms with Gasteiger partial charge in [0, 0.05) is 22.3 Å². The number of nitrogens with zero attached hydrogens (tertiary/aromatic N) is 1. The molecule has 3 N–H and O–H groups in total. The van der Waals surface area contributed by atoms with Crippen LogP contribution in [0.5, 0.6) is 0 Å². The number of rotatable bonds is 5. The Labute approximate surface area is 211 Å². The van der Waals surface area contributed by atoms with Crippen LogP contribution in [0.15, 0.2) is 121 Å². The molecule has 0 aliphatic carbocycles. The van der Waals surface area contributed by atoms with Crippen LogP contribution in [0.1, 0.15) is 11.1 Å². The van der Waals surface area contributed by atoms with Crippen LogP contribution in [-0.2, 0) is 6.54 Å². The molecule has 0 radical (unpaired) electrons. The minimum Gasteiger partial charge on any atom is -0.398 e. The van der Waals surface area contributed by atoms with E-state index in [2.05, 4.69) is 132 Å². The number of nitrogens with two attached hydrogens (primary N) is 1. The molecule has 0 fully saturated rings. The molecule has 0 amide bonds. The van der Waals surface area contributed by atoms with E-state index in [1.807, 2.05) is 6.07 Å². The van der Waals surface area contributed by atoms with Crippen LogP contribution < -0.4 is 10.7 Å². The Morgan fingerprint density at radius 2 is 1.14 bits per heavy atom. The zero-order valence-electron chi connectivity index (χ0n) is 20.3. The van der Waals surface area contributed by atoms with Crippen molar-refractivity contribution in [1.29, 1.82) is 0 Å². The average molecular weight is 467 g/mol. The molecule has 2 aromatic heterocycles. The Morgan fingerprint density at radius 3 is 1.72 bits per heavy atom. The van der Waals surface area contributed by atoms with E-state index >= 15 is 0 Å². The van der Waals surface area contributed by atoms with E-state index < -0.39 is 0 Å². The van der Waals surface area contributed by atoms with Crippen molar-refractivity contribution >= 4 is 16.7 Å². The van der Waals surface area contributed by atoms with Gasteiger partial charge in [0.05, 0.1) is 11.1 Å². The molecule has 6 aromatic rings. The molecule has 3 heteroatoms. The van der Waals surface area contributed by atoms with Crippen LogP contribution in [0.25, 0.3) is 44.7 Å². The molecular weight excluding hydrogens is 438 g/mol. The van der Waals surface area contributed by atoms with Crippen molar-refractivity contribution in [2.45, 2.75) is 13.5 Å². The van der Waals surface area contributed by atoms with Gasteiger partial charge in [-0.3, -0.25) is 0 Å². The van der Waals surface area contributed by atoms with Crippen molar-refractivity contribution in [3.8, 4) is 33.6 Å². The summed E-state index contributed by atoms with van der Waals surface area (Å²) < 4.78 is 2.39. The standard InChI is InChI=1S/C33H27N3/c1-23-30(34)29-28(25-16-8-3-9-17-25)32(27-20-12-5-13-21-27)36(22-24-14-6-2-7-15-24)33(29)35-31(23)26-18-10-4-11-19-26/h2-21H,22H2,1H3,(H2,34,35)/p+1. The van der Waals surface area contributed by atoms with E-state index in [4.69, 9.17) is 5.73 Å². The fraction of sp³-hybridized carbons (Fsp3) is 0.0606. The summed E-state index contributed by atoms with van der Waals surface area (Å²) in [6, 6.07) is 42.3. The summed E-state index contributed by atoms with van der Waals surface area (Å²) in [6.07, 6.45) is 0. The molecule has 36 heavy (non-hydrogen) atoms. The van der Waals surface area contributed by atoms with Crippen LogP contribution in [0.2, 0.25) is 0 Å². The second-order valence-corrected chi connectivity index (χ2v) is 9.16. The monoisotopic (exact) mass is 466 g/mol. The molecule has 3 nitrogen and oxygen atoms in total. The molecular formula is C33H28N3+. The van der Waals surface area contributed by atoms with E-state index in [0.29, 0.717) is 0 Å². The topological polar surface area (TPSA) is 45.1 Å². The first-order valence-electron chi connectivity index (χ1n) is 12.3. The van der Waals surface area contributed by atoms with Crippen LogP contribution in [0.4, 0.5) is 5.69 Å². The fourth-order valence-corrected chi connectivity index (χ4v) is 5.14. The summed E-state index contributed by atoms with van der Waals surface area (Å²) in [5.74, 6) is 0. The minimum absolute atomic E-state index is 0.724. The van der Waals surface area contributed by atoms with Gasteiger partial charge in [0.1, 0.15) is 17.9 Å². The molecule has 0 aliphatic heterocycles.